The molecule has 0 amide bonds. The smallest absolute Gasteiger partial charge is 0.333 e. The summed E-state index contributed by atoms with van der Waals surface area (Å²) in [5.74, 6) is 0.531. The zero-order valence-electron chi connectivity index (χ0n) is 10.8. The summed E-state index contributed by atoms with van der Waals surface area (Å²) in [6.07, 6.45) is 2.52. The van der Waals surface area contributed by atoms with E-state index >= 15 is 0 Å². The van der Waals surface area contributed by atoms with Gasteiger partial charge in [-0.1, -0.05) is 6.92 Å². The van der Waals surface area contributed by atoms with E-state index in [-0.39, 0.29) is 16.7 Å². The molecular formula is C11H19N5O2. The highest BCUT2D eigenvalue weighted by molar-refractivity contribution is 5.60. The monoisotopic (exact) mass is 253 g/mol. The summed E-state index contributed by atoms with van der Waals surface area (Å²) >= 11 is 0. The van der Waals surface area contributed by atoms with Gasteiger partial charge in [0.2, 0.25) is 5.82 Å². The van der Waals surface area contributed by atoms with Gasteiger partial charge in [0.05, 0.1) is 4.92 Å². The van der Waals surface area contributed by atoms with Crippen molar-refractivity contribution in [1.82, 2.24) is 15.1 Å². The summed E-state index contributed by atoms with van der Waals surface area (Å²) in [4.78, 5) is 10.8. The number of nitro groups is 1. The molecule has 0 radical (unpaired) electrons. The van der Waals surface area contributed by atoms with Gasteiger partial charge in [0.25, 0.3) is 0 Å². The molecule has 1 fully saturated rings. The molecule has 7 heteroatoms. The summed E-state index contributed by atoms with van der Waals surface area (Å²) < 4.78 is 1.58. The van der Waals surface area contributed by atoms with Gasteiger partial charge in [0.1, 0.15) is 5.69 Å². The number of hydrogen-bond acceptors (Lipinski definition) is 5. The Morgan fingerprint density at radius 3 is 2.78 bits per heavy atom. The molecule has 2 rings (SSSR count). The van der Waals surface area contributed by atoms with Crippen LogP contribution in [0.3, 0.4) is 0 Å². The molecule has 18 heavy (non-hydrogen) atoms. The van der Waals surface area contributed by atoms with Crippen molar-refractivity contribution >= 4 is 11.5 Å². The van der Waals surface area contributed by atoms with Gasteiger partial charge in [-0.2, -0.15) is 5.10 Å². The first-order chi connectivity index (χ1) is 8.63. The maximum Gasteiger partial charge on any atom is 0.333 e. The number of nitrogens with one attached hydrogen (secondary N) is 2. The van der Waals surface area contributed by atoms with Crippen LogP contribution in [0.5, 0.6) is 0 Å². The van der Waals surface area contributed by atoms with Crippen molar-refractivity contribution in [2.24, 2.45) is 7.05 Å². The quantitative estimate of drug-likeness (QED) is 0.619. The van der Waals surface area contributed by atoms with Crippen LogP contribution in [0, 0.1) is 10.1 Å². The lowest BCUT2D eigenvalue weighted by Gasteiger charge is -2.24. The van der Waals surface area contributed by atoms with Crippen molar-refractivity contribution in [3.05, 3.63) is 15.8 Å². The number of anilines is 1. The predicted molar refractivity (Wildman–Crippen MR) is 68.8 cm³/mol. The van der Waals surface area contributed by atoms with E-state index in [1.165, 1.54) is 0 Å². The molecule has 0 aromatic carbocycles. The highest BCUT2D eigenvalue weighted by Gasteiger charge is 2.27. The van der Waals surface area contributed by atoms with Crippen LogP contribution in [0.2, 0.25) is 0 Å². The van der Waals surface area contributed by atoms with Crippen LogP contribution in [0.4, 0.5) is 11.5 Å². The van der Waals surface area contributed by atoms with E-state index in [1.807, 2.05) is 6.92 Å². The molecule has 1 aliphatic rings. The standard InChI is InChI=1S/C11H19N5O2/c1-3-9-10(16(17)18)11(15(2)14-9)13-8-4-6-12-7-5-8/h8,12-13H,3-7H2,1-2H3. The van der Waals surface area contributed by atoms with E-state index < -0.39 is 0 Å². The average Bonchev–Trinajstić information content (AvgIpc) is 2.67. The Balaban J connectivity index is 2.25. The summed E-state index contributed by atoms with van der Waals surface area (Å²) in [6, 6.07) is 0.282. The summed E-state index contributed by atoms with van der Waals surface area (Å²) in [5.41, 5.74) is 0.664. The summed E-state index contributed by atoms with van der Waals surface area (Å²) in [5, 5.41) is 21.9. The Hall–Kier alpha value is -1.63. The van der Waals surface area contributed by atoms with Crippen LogP contribution in [0.1, 0.15) is 25.5 Å². The van der Waals surface area contributed by atoms with E-state index in [1.54, 1.807) is 11.7 Å². The lowest BCUT2D eigenvalue weighted by Crippen LogP contribution is -2.35. The second-order valence-electron chi connectivity index (χ2n) is 4.55. The van der Waals surface area contributed by atoms with E-state index in [0.29, 0.717) is 17.9 Å². The van der Waals surface area contributed by atoms with Crippen molar-refractivity contribution in [1.29, 1.82) is 0 Å². The maximum absolute atomic E-state index is 11.2. The molecule has 0 saturated carbocycles. The molecule has 1 saturated heterocycles. The lowest BCUT2D eigenvalue weighted by atomic mass is 10.1. The van der Waals surface area contributed by atoms with Crippen LogP contribution in [-0.4, -0.2) is 33.8 Å². The molecule has 2 heterocycles. The molecule has 2 N–H and O–H groups in total. The Kier molecular flexibility index (Phi) is 3.81. The SMILES string of the molecule is CCc1nn(C)c(NC2CCNCC2)c1[N+](=O)[O-]. The number of piperidine rings is 1. The van der Waals surface area contributed by atoms with Gasteiger partial charge in [0, 0.05) is 13.1 Å². The van der Waals surface area contributed by atoms with Crippen LogP contribution < -0.4 is 10.6 Å². The van der Waals surface area contributed by atoms with Crippen molar-refractivity contribution in [2.75, 3.05) is 18.4 Å². The first-order valence-corrected chi connectivity index (χ1v) is 6.31. The third-order valence-corrected chi connectivity index (χ3v) is 3.29. The van der Waals surface area contributed by atoms with Crippen molar-refractivity contribution in [3.63, 3.8) is 0 Å². The van der Waals surface area contributed by atoms with Crippen molar-refractivity contribution < 1.29 is 4.92 Å². The highest BCUT2D eigenvalue weighted by atomic mass is 16.6. The van der Waals surface area contributed by atoms with Gasteiger partial charge in [-0.3, -0.25) is 10.1 Å². The number of hydrogen-bond donors (Lipinski definition) is 2. The average molecular weight is 253 g/mol. The van der Waals surface area contributed by atoms with Gasteiger partial charge in [0.15, 0.2) is 0 Å². The molecular weight excluding hydrogens is 234 g/mol. The zero-order valence-corrected chi connectivity index (χ0v) is 10.8. The molecule has 0 unspecified atom stereocenters. The van der Waals surface area contributed by atoms with Crippen molar-refractivity contribution in [2.45, 2.75) is 32.2 Å². The van der Waals surface area contributed by atoms with Gasteiger partial charge in [-0.15, -0.1) is 0 Å². The third-order valence-electron chi connectivity index (χ3n) is 3.29. The molecule has 0 atom stereocenters. The maximum atomic E-state index is 11.2. The minimum atomic E-state index is -0.338. The Morgan fingerprint density at radius 1 is 1.56 bits per heavy atom. The fourth-order valence-electron chi connectivity index (χ4n) is 2.32. The Bertz CT molecular complexity index is 437. The fraction of sp³-hybridized carbons (Fsp3) is 0.727. The van der Waals surface area contributed by atoms with Crippen LogP contribution in [0.15, 0.2) is 0 Å². The lowest BCUT2D eigenvalue weighted by molar-refractivity contribution is -0.384. The zero-order chi connectivity index (χ0) is 13.1. The molecule has 7 nitrogen and oxygen atoms in total. The molecule has 0 aliphatic carbocycles. The second kappa shape index (κ2) is 5.34. The molecule has 0 spiro atoms. The van der Waals surface area contributed by atoms with Gasteiger partial charge in [-0.25, -0.2) is 4.68 Å². The highest BCUT2D eigenvalue weighted by Crippen LogP contribution is 2.29. The predicted octanol–water partition coefficient (Wildman–Crippen LogP) is 1.05. The molecule has 1 aliphatic heterocycles. The van der Waals surface area contributed by atoms with Gasteiger partial charge >= 0.3 is 5.69 Å². The normalized spacial score (nSPS) is 16.8. The van der Waals surface area contributed by atoms with Gasteiger partial charge < -0.3 is 10.6 Å². The minimum absolute atomic E-state index is 0.124. The Morgan fingerprint density at radius 2 is 2.22 bits per heavy atom. The molecule has 100 valence electrons. The van der Waals surface area contributed by atoms with Crippen LogP contribution >= 0.6 is 0 Å². The van der Waals surface area contributed by atoms with Crippen LogP contribution in [0.25, 0.3) is 0 Å². The van der Waals surface area contributed by atoms with E-state index in [9.17, 15) is 10.1 Å². The molecule has 1 aromatic rings. The topological polar surface area (TPSA) is 85.0 Å². The largest absolute Gasteiger partial charge is 0.362 e. The first-order valence-electron chi connectivity index (χ1n) is 6.31. The number of rotatable bonds is 4. The Labute approximate surface area is 106 Å². The second-order valence-corrected chi connectivity index (χ2v) is 4.55. The molecule has 0 bridgehead atoms. The summed E-state index contributed by atoms with van der Waals surface area (Å²) in [7, 11) is 1.75. The van der Waals surface area contributed by atoms with Crippen LogP contribution in [-0.2, 0) is 13.5 Å². The third kappa shape index (κ3) is 2.45. The first kappa shape index (κ1) is 12.8. The molecule has 1 aromatic heterocycles. The van der Waals surface area contributed by atoms with E-state index in [4.69, 9.17) is 0 Å². The number of aryl methyl sites for hydroxylation is 2. The minimum Gasteiger partial charge on any atom is -0.362 e. The number of nitrogens with zero attached hydrogens (tertiary/aromatic N) is 3. The van der Waals surface area contributed by atoms with E-state index in [0.717, 1.165) is 25.9 Å². The van der Waals surface area contributed by atoms with E-state index in [2.05, 4.69) is 15.7 Å². The van der Waals surface area contributed by atoms with Gasteiger partial charge in [-0.05, 0) is 32.4 Å². The number of aromatic nitrogens is 2. The summed E-state index contributed by atoms with van der Waals surface area (Å²) in [6.45, 7) is 3.78. The van der Waals surface area contributed by atoms with Crippen molar-refractivity contribution in [3.8, 4) is 0 Å². The fourth-order valence-corrected chi connectivity index (χ4v) is 2.32.